The number of H-pyrrole nitrogens is 1. The smallest absolute Gasteiger partial charge is 0.272 e. The Kier molecular flexibility index (Phi) is 15.2. The molecule has 0 radical (unpaired) electrons. The van der Waals surface area contributed by atoms with Crippen molar-refractivity contribution in [2.45, 2.75) is 19.3 Å². The number of aromatic amines is 1. The third-order valence-electron chi connectivity index (χ3n) is 9.90. The number of halogens is 2. The van der Waals surface area contributed by atoms with Crippen LogP contribution in [0.2, 0.25) is 0 Å². The van der Waals surface area contributed by atoms with Crippen molar-refractivity contribution in [1.82, 2.24) is 30.6 Å². The molecule has 58 heavy (non-hydrogen) atoms. The molecule has 0 bridgehead atoms. The molecule has 1 saturated heterocycles. The molecule has 3 aromatic carbocycles. The van der Waals surface area contributed by atoms with Crippen LogP contribution in [0.3, 0.4) is 0 Å². The number of piperazine rings is 1. The molecule has 4 amide bonds. The van der Waals surface area contributed by atoms with E-state index in [2.05, 4.69) is 20.8 Å². The monoisotopic (exact) mass is 819 g/mol. The van der Waals surface area contributed by atoms with Crippen LogP contribution in [-0.4, -0.2) is 135 Å². The fraction of sp³-hybridized carbons (Fsp3) is 0.415. The first-order valence-electron chi connectivity index (χ1n) is 19.3. The Labute approximate surface area is 339 Å². The van der Waals surface area contributed by atoms with Crippen LogP contribution >= 0.6 is 11.6 Å². The third-order valence-corrected chi connectivity index (χ3v) is 10.1. The van der Waals surface area contributed by atoms with E-state index in [1.807, 2.05) is 29.2 Å². The highest BCUT2D eigenvalue weighted by molar-refractivity contribution is 6.29. The summed E-state index contributed by atoms with van der Waals surface area (Å²) in [6.07, 6.45) is 1.95. The summed E-state index contributed by atoms with van der Waals surface area (Å²) >= 11 is 5.74. The number of alkyl halides is 1. The van der Waals surface area contributed by atoms with Gasteiger partial charge in [-0.05, 0) is 60.4 Å². The van der Waals surface area contributed by atoms with E-state index in [1.54, 1.807) is 34.1 Å². The number of aryl methyl sites for hydroxylation is 1. The van der Waals surface area contributed by atoms with E-state index in [0.717, 1.165) is 24.1 Å². The standard InChI is InChI=1S/C41H47ClFN7O8/c42-25-39(53)50-13-3-4-29-24-30(8-10-36(29)50)58-27-38(52)45-12-19-57-21-20-56-18-11-44-37(51)26-48-14-16-49(17-15-48)41(55)33-22-28(7-9-34(33)43)23-35-31-5-1-2-6-32(31)40(54)47-46-35/h1-2,5-10,22,24H,3-4,11-21,23,25-27H2,(H,44,51)(H,45,52)(H,47,54). The minimum atomic E-state index is -0.616. The normalized spacial score (nSPS) is 14.2. The molecule has 0 saturated carbocycles. The zero-order chi connectivity index (χ0) is 40.9. The molecule has 3 N–H and O–H groups in total. The number of hydrogen-bond acceptors (Lipinski definition) is 10. The predicted molar refractivity (Wildman–Crippen MR) is 215 cm³/mol. The minimum Gasteiger partial charge on any atom is -0.484 e. The lowest BCUT2D eigenvalue weighted by Gasteiger charge is -2.34. The largest absolute Gasteiger partial charge is 0.484 e. The highest BCUT2D eigenvalue weighted by Crippen LogP contribution is 2.31. The van der Waals surface area contributed by atoms with Gasteiger partial charge in [0.1, 0.15) is 17.4 Å². The number of fused-ring (bicyclic) bond motifs is 2. The number of aromatic nitrogens is 2. The number of amides is 4. The molecule has 1 fully saturated rings. The highest BCUT2D eigenvalue weighted by atomic mass is 35.5. The fourth-order valence-corrected chi connectivity index (χ4v) is 7.07. The molecule has 0 spiro atoms. The zero-order valence-electron chi connectivity index (χ0n) is 32.1. The lowest BCUT2D eigenvalue weighted by Crippen LogP contribution is -2.51. The molecule has 17 heteroatoms. The zero-order valence-corrected chi connectivity index (χ0v) is 32.9. The van der Waals surface area contributed by atoms with Crippen molar-refractivity contribution >= 4 is 51.7 Å². The van der Waals surface area contributed by atoms with Crippen molar-refractivity contribution in [2.24, 2.45) is 0 Å². The Morgan fingerprint density at radius 1 is 0.845 bits per heavy atom. The Morgan fingerprint density at radius 2 is 1.57 bits per heavy atom. The van der Waals surface area contributed by atoms with Crippen LogP contribution in [0, 0.1) is 5.82 Å². The molecule has 6 rings (SSSR count). The van der Waals surface area contributed by atoms with Crippen molar-refractivity contribution in [3.8, 4) is 5.75 Å². The van der Waals surface area contributed by atoms with E-state index >= 15 is 0 Å². The van der Waals surface area contributed by atoms with E-state index in [1.165, 1.54) is 12.1 Å². The number of nitrogens with one attached hydrogen (secondary N) is 3. The number of nitrogens with zero attached hydrogens (tertiary/aromatic N) is 4. The molecule has 2 aliphatic heterocycles. The number of hydrogen-bond donors (Lipinski definition) is 3. The van der Waals surface area contributed by atoms with Gasteiger partial charge in [0.25, 0.3) is 17.4 Å². The van der Waals surface area contributed by atoms with Gasteiger partial charge in [0.05, 0.1) is 49.6 Å². The van der Waals surface area contributed by atoms with Gasteiger partial charge in [-0.1, -0.05) is 24.3 Å². The molecule has 4 aromatic rings. The van der Waals surface area contributed by atoms with Crippen LogP contribution in [-0.2, 0) is 36.7 Å². The second kappa shape index (κ2) is 20.8. The van der Waals surface area contributed by atoms with Crippen LogP contribution in [0.4, 0.5) is 10.1 Å². The van der Waals surface area contributed by atoms with Crippen LogP contribution in [0.25, 0.3) is 10.8 Å². The minimum absolute atomic E-state index is 0.0320. The van der Waals surface area contributed by atoms with Crippen molar-refractivity contribution < 1.29 is 37.8 Å². The molecular weight excluding hydrogens is 773 g/mol. The number of ether oxygens (including phenoxy) is 3. The summed E-state index contributed by atoms with van der Waals surface area (Å²) < 4.78 is 31.6. The van der Waals surface area contributed by atoms with Gasteiger partial charge in [0.15, 0.2) is 6.61 Å². The van der Waals surface area contributed by atoms with Crippen molar-refractivity contribution in [1.29, 1.82) is 0 Å². The first-order chi connectivity index (χ1) is 28.2. The molecule has 15 nitrogen and oxygen atoms in total. The summed E-state index contributed by atoms with van der Waals surface area (Å²) in [6.45, 7) is 4.11. The van der Waals surface area contributed by atoms with E-state index in [0.29, 0.717) is 106 Å². The van der Waals surface area contributed by atoms with Gasteiger partial charge in [0.2, 0.25) is 11.8 Å². The van der Waals surface area contributed by atoms with Crippen LogP contribution in [0.15, 0.2) is 65.5 Å². The number of benzene rings is 3. The summed E-state index contributed by atoms with van der Waals surface area (Å²) in [6, 6.07) is 16.9. The number of carbonyl (C=O) groups excluding carboxylic acids is 4. The molecule has 2 aliphatic rings. The predicted octanol–water partition coefficient (Wildman–Crippen LogP) is 2.27. The number of anilines is 1. The highest BCUT2D eigenvalue weighted by Gasteiger charge is 2.26. The van der Waals surface area contributed by atoms with Gasteiger partial charge < -0.3 is 34.6 Å². The Morgan fingerprint density at radius 3 is 2.31 bits per heavy atom. The quantitative estimate of drug-likeness (QED) is 0.0999. The van der Waals surface area contributed by atoms with E-state index < -0.39 is 11.7 Å². The molecule has 0 atom stereocenters. The maximum atomic E-state index is 14.9. The maximum absolute atomic E-state index is 14.9. The third kappa shape index (κ3) is 11.4. The van der Waals surface area contributed by atoms with Crippen molar-refractivity contribution in [3.05, 3.63) is 99.2 Å². The average Bonchev–Trinajstić information content (AvgIpc) is 3.24. The number of carbonyl (C=O) groups is 4. The molecule has 0 unspecified atom stereocenters. The van der Waals surface area contributed by atoms with Gasteiger partial charge in [-0.2, -0.15) is 5.10 Å². The molecule has 3 heterocycles. The van der Waals surface area contributed by atoms with E-state index in [4.69, 9.17) is 25.8 Å². The maximum Gasteiger partial charge on any atom is 0.272 e. The SMILES string of the molecule is O=C(COc1ccc2c(c1)CCCN2C(=O)CCl)NCCOCCOCCNC(=O)CN1CCN(C(=O)c2cc(Cc3n[nH]c(=O)c4ccccc34)ccc2F)CC1. The van der Waals surface area contributed by atoms with Crippen LogP contribution in [0.5, 0.6) is 5.75 Å². The van der Waals surface area contributed by atoms with Gasteiger partial charge in [0, 0.05) is 63.3 Å². The van der Waals surface area contributed by atoms with Gasteiger partial charge in [-0.3, -0.25) is 28.9 Å². The van der Waals surface area contributed by atoms with Crippen LogP contribution < -0.4 is 25.8 Å². The lowest BCUT2D eigenvalue weighted by molar-refractivity contribution is -0.124. The second-order valence-corrected chi connectivity index (χ2v) is 14.2. The van der Waals surface area contributed by atoms with Gasteiger partial charge >= 0.3 is 0 Å². The lowest BCUT2D eigenvalue weighted by atomic mass is 10.0. The summed E-state index contributed by atoms with van der Waals surface area (Å²) in [5.41, 5.74) is 2.79. The Balaban J connectivity index is 0.797. The summed E-state index contributed by atoms with van der Waals surface area (Å²) in [7, 11) is 0. The van der Waals surface area contributed by atoms with E-state index in [9.17, 15) is 28.4 Å². The average molecular weight is 820 g/mol. The van der Waals surface area contributed by atoms with Crippen molar-refractivity contribution in [2.75, 3.05) is 96.2 Å². The Hall–Kier alpha value is -5.42. The van der Waals surface area contributed by atoms with E-state index in [-0.39, 0.29) is 47.9 Å². The molecule has 1 aromatic heterocycles. The molecule has 308 valence electrons. The topological polar surface area (TPSA) is 175 Å². The molecule has 0 aliphatic carbocycles. The first-order valence-corrected chi connectivity index (χ1v) is 19.8. The van der Waals surface area contributed by atoms with Gasteiger partial charge in [-0.15, -0.1) is 11.6 Å². The molecular formula is C41H47ClFN7O8. The first kappa shape index (κ1) is 42.2. The summed E-state index contributed by atoms with van der Waals surface area (Å²) in [4.78, 5) is 67.5. The number of rotatable bonds is 18. The summed E-state index contributed by atoms with van der Waals surface area (Å²) in [5, 5.41) is 13.5. The Bertz CT molecular complexity index is 2150. The van der Waals surface area contributed by atoms with Gasteiger partial charge in [-0.25, -0.2) is 9.49 Å². The second-order valence-electron chi connectivity index (χ2n) is 13.9. The van der Waals surface area contributed by atoms with Crippen LogP contribution in [0.1, 0.15) is 33.6 Å². The summed E-state index contributed by atoms with van der Waals surface area (Å²) in [5.74, 6) is -1.15. The van der Waals surface area contributed by atoms with Crippen molar-refractivity contribution in [3.63, 3.8) is 0 Å². The fourth-order valence-electron chi connectivity index (χ4n) is 6.93.